The second-order valence-electron chi connectivity index (χ2n) is 8.33. The van der Waals surface area contributed by atoms with E-state index in [1.54, 1.807) is 7.05 Å². The van der Waals surface area contributed by atoms with Gasteiger partial charge in [0.2, 0.25) is 0 Å². The molecule has 152 valence electrons. The van der Waals surface area contributed by atoms with E-state index in [4.69, 9.17) is 4.74 Å². The van der Waals surface area contributed by atoms with Crippen molar-refractivity contribution < 1.29 is 17.9 Å². The van der Waals surface area contributed by atoms with Gasteiger partial charge in [-0.1, -0.05) is 26.7 Å². The Kier molecular flexibility index (Phi) is 7.13. The van der Waals surface area contributed by atoms with E-state index in [2.05, 4.69) is 29.5 Å². The van der Waals surface area contributed by atoms with Gasteiger partial charge < -0.3 is 15.4 Å². The van der Waals surface area contributed by atoms with Crippen LogP contribution in [-0.4, -0.2) is 44.5 Å². The summed E-state index contributed by atoms with van der Waals surface area (Å²) in [5.74, 6) is -0.495. The average Bonchev–Trinajstić information content (AvgIpc) is 3.01. The van der Waals surface area contributed by atoms with Gasteiger partial charge in [-0.2, -0.15) is 13.2 Å². The molecular formula is C18H31F3IN3O. The molecule has 0 aromatic heterocycles. The minimum absolute atomic E-state index is 0. The maximum atomic E-state index is 13.2. The summed E-state index contributed by atoms with van der Waals surface area (Å²) in [5, 5.41) is 6.59. The van der Waals surface area contributed by atoms with Crippen molar-refractivity contribution in [2.24, 2.45) is 28.2 Å². The average molecular weight is 489 g/mol. The van der Waals surface area contributed by atoms with Crippen molar-refractivity contribution in [3.8, 4) is 0 Å². The first-order valence-electron chi connectivity index (χ1n) is 9.40. The van der Waals surface area contributed by atoms with Gasteiger partial charge in [0.15, 0.2) is 5.96 Å². The number of fused-ring (bicyclic) bond motifs is 1. The highest BCUT2D eigenvalue weighted by molar-refractivity contribution is 14.0. The largest absolute Gasteiger partial charge is 0.392 e. The highest BCUT2D eigenvalue weighted by Gasteiger charge is 2.59. The van der Waals surface area contributed by atoms with Crippen LogP contribution in [0.3, 0.4) is 0 Å². The molecule has 0 bridgehead atoms. The Bertz CT molecular complexity index is 512. The predicted octanol–water partition coefficient (Wildman–Crippen LogP) is 3.95. The third kappa shape index (κ3) is 4.25. The molecule has 3 fully saturated rings. The van der Waals surface area contributed by atoms with E-state index in [9.17, 15) is 13.2 Å². The van der Waals surface area contributed by atoms with Crippen LogP contribution >= 0.6 is 24.0 Å². The van der Waals surface area contributed by atoms with Crippen LogP contribution < -0.4 is 10.6 Å². The fourth-order valence-electron chi connectivity index (χ4n) is 5.07. The van der Waals surface area contributed by atoms with E-state index in [1.165, 1.54) is 0 Å². The zero-order valence-electron chi connectivity index (χ0n) is 15.7. The fraction of sp³-hybridized carbons (Fsp3) is 0.944. The predicted molar refractivity (Wildman–Crippen MR) is 107 cm³/mol. The van der Waals surface area contributed by atoms with Gasteiger partial charge in [0.05, 0.1) is 12.0 Å². The van der Waals surface area contributed by atoms with Crippen molar-refractivity contribution in [2.45, 2.75) is 64.3 Å². The lowest BCUT2D eigenvalue weighted by Crippen LogP contribution is -2.68. The van der Waals surface area contributed by atoms with Crippen molar-refractivity contribution in [3.63, 3.8) is 0 Å². The molecule has 0 radical (unpaired) electrons. The number of hydrogen-bond acceptors (Lipinski definition) is 2. The molecule has 3 rings (SSSR count). The van der Waals surface area contributed by atoms with E-state index in [-0.39, 0.29) is 53.9 Å². The first kappa shape index (κ1) is 22.0. The van der Waals surface area contributed by atoms with Crippen LogP contribution in [0.5, 0.6) is 0 Å². The molecule has 3 aliphatic rings. The molecular weight excluding hydrogens is 458 g/mol. The van der Waals surface area contributed by atoms with Gasteiger partial charge in [-0.15, -0.1) is 24.0 Å². The molecule has 2 saturated carbocycles. The first-order valence-corrected chi connectivity index (χ1v) is 9.40. The lowest BCUT2D eigenvalue weighted by atomic mass is 9.57. The van der Waals surface area contributed by atoms with Crippen LogP contribution in [0, 0.1) is 23.2 Å². The molecule has 1 saturated heterocycles. The number of ether oxygens (including phenoxy) is 1. The summed E-state index contributed by atoms with van der Waals surface area (Å²) < 4.78 is 45.5. The van der Waals surface area contributed by atoms with Crippen LogP contribution in [-0.2, 0) is 4.74 Å². The minimum Gasteiger partial charge on any atom is -0.377 e. The van der Waals surface area contributed by atoms with Crippen molar-refractivity contribution >= 4 is 29.9 Å². The van der Waals surface area contributed by atoms with Crippen molar-refractivity contribution in [1.29, 1.82) is 0 Å². The summed E-state index contributed by atoms with van der Waals surface area (Å²) in [6.07, 6.45) is -0.374. The Balaban J connectivity index is 0.00000243. The van der Waals surface area contributed by atoms with Gasteiger partial charge in [0.25, 0.3) is 0 Å². The van der Waals surface area contributed by atoms with Gasteiger partial charge in [-0.3, -0.25) is 4.99 Å². The van der Waals surface area contributed by atoms with Crippen molar-refractivity contribution in [1.82, 2.24) is 10.6 Å². The minimum atomic E-state index is -4.10. The van der Waals surface area contributed by atoms with E-state index < -0.39 is 12.1 Å². The standard InChI is InChI=1S/C18H30F3N3O.HI/c1-17(2)14(12-8-9-25-15(12)17)24-16(22-3)23-10-11-6-4-5-7-13(11)18(19,20)21;/h11-15H,4-10H2,1-3H3,(H2,22,23,24);1H. The van der Waals surface area contributed by atoms with Crippen LogP contribution in [0.1, 0.15) is 46.0 Å². The summed E-state index contributed by atoms with van der Waals surface area (Å²) in [7, 11) is 1.67. The number of hydrogen-bond donors (Lipinski definition) is 2. The SMILES string of the molecule is CN=C(NCC1CCCCC1C(F)(F)F)NC1C2CCOC2C1(C)C.I. The molecule has 0 aromatic rings. The van der Waals surface area contributed by atoms with E-state index in [0.29, 0.717) is 31.3 Å². The third-order valence-electron chi connectivity index (χ3n) is 6.48. The molecule has 4 nitrogen and oxygen atoms in total. The summed E-state index contributed by atoms with van der Waals surface area (Å²) >= 11 is 0. The lowest BCUT2D eigenvalue weighted by Gasteiger charge is -2.55. The van der Waals surface area contributed by atoms with E-state index in [0.717, 1.165) is 19.4 Å². The Morgan fingerprint density at radius 2 is 1.88 bits per heavy atom. The zero-order chi connectivity index (χ0) is 18.2. The van der Waals surface area contributed by atoms with Gasteiger partial charge in [-0.05, 0) is 25.2 Å². The quantitative estimate of drug-likeness (QED) is 0.359. The number of aliphatic imine (C=N–C) groups is 1. The number of halogens is 4. The van der Waals surface area contributed by atoms with Crippen LogP contribution in [0.2, 0.25) is 0 Å². The van der Waals surface area contributed by atoms with Gasteiger partial charge in [-0.25, -0.2) is 0 Å². The second kappa shape index (κ2) is 8.41. The topological polar surface area (TPSA) is 45.7 Å². The Labute approximate surface area is 171 Å². The van der Waals surface area contributed by atoms with Crippen molar-refractivity contribution in [3.05, 3.63) is 0 Å². The van der Waals surface area contributed by atoms with Crippen LogP contribution in [0.4, 0.5) is 13.2 Å². The number of alkyl halides is 3. The van der Waals surface area contributed by atoms with Crippen molar-refractivity contribution in [2.75, 3.05) is 20.2 Å². The van der Waals surface area contributed by atoms with Gasteiger partial charge >= 0.3 is 6.18 Å². The summed E-state index contributed by atoms with van der Waals surface area (Å²) in [6, 6.07) is 0.246. The van der Waals surface area contributed by atoms with E-state index >= 15 is 0 Å². The highest BCUT2D eigenvalue weighted by atomic mass is 127. The Morgan fingerprint density at radius 3 is 2.54 bits per heavy atom. The molecule has 0 aromatic carbocycles. The smallest absolute Gasteiger partial charge is 0.377 e. The second-order valence-corrected chi connectivity index (χ2v) is 8.33. The van der Waals surface area contributed by atoms with E-state index in [1.807, 2.05) is 0 Å². The van der Waals surface area contributed by atoms with Gasteiger partial charge in [0, 0.05) is 37.6 Å². The summed E-state index contributed by atoms with van der Waals surface area (Å²) in [6.45, 7) is 5.45. The number of guanidine groups is 1. The Morgan fingerprint density at radius 1 is 1.19 bits per heavy atom. The van der Waals surface area contributed by atoms with Gasteiger partial charge in [0.1, 0.15) is 0 Å². The molecule has 2 N–H and O–H groups in total. The first-order chi connectivity index (χ1) is 11.7. The fourth-order valence-corrected chi connectivity index (χ4v) is 5.07. The maximum Gasteiger partial charge on any atom is 0.392 e. The Hall–Kier alpha value is -0.250. The molecule has 1 aliphatic heterocycles. The highest BCUT2D eigenvalue weighted by Crippen LogP contribution is 2.52. The summed E-state index contributed by atoms with van der Waals surface area (Å²) in [4.78, 5) is 4.23. The molecule has 2 aliphatic carbocycles. The molecule has 0 spiro atoms. The van der Waals surface area contributed by atoms with Crippen LogP contribution in [0.15, 0.2) is 4.99 Å². The number of nitrogens with zero attached hydrogens (tertiary/aromatic N) is 1. The molecule has 5 atom stereocenters. The number of rotatable bonds is 3. The molecule has 26 heavy (non-hydrogen) atoms. The maximum absolute atomic E-state index is 13.2. The lowest BCUT2D eigenvalue weighted by molar-refractivity contribution is -0.195. The third-order valence-corrected chi connectivity index (χ3v) is 6.48. The molecule has 0 amide bonds. The number of nitrogens with one attached hydrogen (secondary N) is 2. The van der Waals surface area contributed by atoms with Crippen LogP contribution in [0.25, 0.3) is 0 Å². The molecule has 1 heterocycles. The molecule has 5 unspecified atom stereocenters. The summed E-state index contributed by atoms with van der Waals surface area (Å²) in [5.41, 5.74) is 0.0120. The normalized spacial score (nSPS) is 36.5. The molecule has 8 heteroatoms. The monoisotopic (exact) mass is 489 g/mol. The zero-order valence-corrected chi connectivity index (χ0v) is 18.1.